The van der Waals surface area contributed by atoms with Gasteiger partial charge in [0.1, 0.15) is 5.75 Å². The summed E-state index contributed by atoms with van der Waals surface area (Å²) in [6.45, 7) is 4.25. The molecule has 2 rings (SSSR count). The molecule has 0 saturated carbocycles. The average Bonchev–Trinajstić information content (AvgIpc) is 2.29. The standard InChI is InChI=1S/C14H17NO/c1-10-8-11(2)14(15-9-10)12-4-6-13(16-3)7-5-12/h4-9,14-15H,1-3H3. The van der Waals surface area contributed by atoms with Crippen LogP contribution in [-0.2, 0) is 0 Å². The van der Waals surface area contributed by atoms with E-state index in [2.05, 4.69) is 43.6 Å². The lowest BCUT2D eigenvalue weighted by atomic mass is 9.96. The number of nitrogens with one attached hydrogen (secondary N) is 1. The minimum absolute atomic E-state index is 0.287. The Morgan fingerprint density at radius 2 is 1.81 bits per heavy atom. The SMILES string of the molecule is COc1ccc(C2NC=C(C)C=C2C)cc1. The van der Waals surface area contributed by atoms with Crippen molar-refractivity contribution >= 4 is 0 Å². The van der Waals surface area contributed by atoms with E-state index in [0.717, 1.165) is 5.75 Å². The molecule has 16 heavy (non-hydrogen) atoms. The number of allylic oxidation sites excluding steroid dienone is 2. The van der Waals surface area contributed by atoms with Gasteiger partial charge in [-0.2, -0.15) is 0 Å². The van der Waals surface area contributed by atoms with Gasteiger partial charge in [0.2, 0.25) is 0 Å². The van der Waals surface area contributed by atoms with Crippen molar-refractivity contribution in [2.75, 3.05) is 7.11 Å². The molecule has 1 aliphatic rings. The minimum atomic E-state index is 0.287. The van der Waals surface area contributed by atoms with Gasteiger partial charge in [-0.15, -0.1) is 0 Å². The van der Waals surface area contributed by atoms with Crippen molar-refractivity contribution in [1.29, 1.82) is 0 Å². The summed E-state index contributed by atoms with van der Waals surface area (Å²) in [5, 5.41) is 3.40. The van der Waals surface area contributed by atoms with Crippen LogP contribution in [0.3, 0.4) is 0 Å². The fraction of sp³-hybridized carbons (Fsp3) is 0.286. The van der Waals surface area contributed by atoms with Crippen LogP contribution in [0.25, 0.3) is 0 Å². The van der Waals surface area contributed by atoms with Crippen molar-refractivity contribution in [2.45, 2.75) is 19.9 Å². The summed E-state index contributed by atoms with van der Waals surface area (Å²) in [5.41, 5.74) is 3.87. The molecule has 0 fully saturated rings. The fourth-order valence-corrected chi connectivity index (χ4v) is 1.99. The van der Waals surface area contributed by atoms with E-state index in [0.29, 0.717) is 0 Å². The van der Waals surface area contributed by atoms with E-state index in [4.69, 9.17) is 4.74 Å². The number of methoxy groups -OCH3 is 1. The molecule has 0 spiro atoms. The van der Waals surface area contributed by atoms with Crippen molar-refractivity contribution in [3.63, 3.8) is 0 Å². The van der Waals surface area contributed by atoms with Crippen molar-refractivity contribution in [3.05, 3.63) is 53.3 Å². The molecule has 1 N–H and O–H groups in total. The molecule has 0 bridgehead atoms. The smallest absolute Gasteiger partial charge is 0.118 e. The van der Waals surface area contributed by atoms with Crippen LogP contribution in [0.5, 0.6) is 5.75 Å². The van der Waals surface area contributed by atoms with Gasteiger partial charge in [-0.1, -0.05) is 18.2 Å². The van der Waals surface area contributed by atoms with Crippen LogP contribution in [0.1, 0.15) is 25.5 Å². The molecule has 0 radical (unpaired) electrons. The summed E-state index contributed by atoms with van der Waals surface area (Å²) < 4.78 is 5.15. The first-order chi connectivity index (χ1) is 7.70. The molecule has 0 aliphatic carbocycles. The topological polar surface area (TPSA) is 21.3 Å². The number of rotatable bonds is 2. The second-order valence-electron chi connectivity index (χ2n) is 4.15. The predicted octanol–water partition coefficient (Wildman–Crippen LogP) is 3.19. The lowest BCUT2D eigenvalue weighted by molar-refractivity contribution is 0.414. The minimum Gasteiger partial charge on any atom is -0.497 e. The molecule has 1 aliphatic heterocycles. The second-order valence-corrected chi connectivity index (χ2v) is 4.15. The molecule has 2 nitrogen and oxygen atoms in total. The van der Waals surface area contributed by atoms with E-state index in [1.54, 1.807) is 7.11 Å². The van der Waals surface area contributed by atoms with Crippen LogP contribution in [-0.4, -0.2) is 7.11 Å². The van der Waals surface area contributed by atoms with Crippen LogP contribution >= 0.6 is 0 Å². The summed E-state index contributed by atoms with van der Waals surface area (Å²) in [5.74, 6) is 0.896. The predicted molar refractivity (Wildman–Crippen MR) is 66.4 cm³/mol. The van der Waals surface area contributed by atoms with Gasteiger partial charge in [-0.3, -0.25) is 0 Å². The Hall–Kier alpha value is -1.70. The van der Waals surface area contributed by atoms with E-state index in [1.807, 2.05) is 12.1 Å². The van der Waals surface area contributed by atoms with E-state index in [1.165, 1.54) is 16.7 Å². The highest BCUT2D eigenvalue weighted by molar-refractivity contribution is 5.37. The molecule has 0 aromatic heterocycles. The molecule has 0 amide bonds. The summed E-state index contributed by atoms with van der Waals surface area (Å²) in [6, 6.07) is 8.48. The van der Waals surface area contributed by atoms with Gasteiger partial charge >= 0.3 is 0 Å². The molecule has 84 valence electrons. The van der Waals surface area contributed by atoms with Gasteiger partial charge in [-0.05, 0) is 42.7 Å². The normalized spacial score (nSPS) is 19.6. The fourth-order valence-electron chi connectivity index (χ4n) is 1.99. The number of dihydropyridines is 1. The van der Waals surface area contributed by atoms with Gasteiger partial charge in [0, 0.05) is 6.20 Å². The highest BCUT2D eigenvalue weighted by atomic mass is 16.5. The Labute approximate surface area is 96.6 Å². The Kier molecular flexibility index (Phi) is 3.00. The van der Waals surface area contributed by atoms with Crippen LogP contribution in [0.15, 0.2) is 47.7 Å². The van der Waals surface area contributed by atoms with E-state index < -0.39 is 0 Å². The van der Waals surface area contributed by atoms with Gasteiger partial charge in [-0.25, -0.2) is 0 Å². The monoisotopic (exact) mass is 215 g/mol. The maximum Gasteiger partial charge on any atom is 0.118 e. The van der Waals surface area contributed by atoms with Crippen molar-refractivity contribution < 1.29 is 4.74 Å². The largest absolute Gasteiger partial charge is 0.497 e. The van der Waals surface area contributed by atoms with Crippen LogP contribution < -0.4 is 10.1 Å². The molecule has 1 aromatic carbocycles. The molecular formula is C14H17NO. The third kappa shape index (κ3) is 2.11. The summed E-state index contributed by atoms with van der Waals surface area (Å²) in [6.07, 6.45) is 4.27. The first kappa shape index (κ1) is 10.8. The highest BCUT2D eigenvalue weighted by Gasteiger charge is 2.14. The summed E-state index contributed by atoms with van der Waals surface area (Å²) in [4.78, 5) is 0. The Balaban J connectivity index is 2.22. The first-order valence-corrected chi connectivity index (χ1v) is 5.45. The zero-order valence-electron chi connectivity index (χ0n) is 9.95. The van der Waals surface area contributed by atoms with Crippen molar-refractivity contribution in [2.24, 2.45) is 0 Å². The summed E-state index contributed by atoms with van der Waals surface area (Å²) in [7, 11) is 1.69. The molecule has 1 atom stereocenters. The number of ether oxygens (including phenoxy) is 1. The van der Waals surface area contributed by atoms with Crippen LogP contribution in [0, 0.1) is 0 Å². The lowest BCUT2D eigenvalue weighted by Crippen LogP contribution is -2.20. The molecule has 1 heterocycles. The van der Waals surface area contributed by atoms with Gasteiger partial charge in [0.05, 0.1) is 13.2 Å². The van der Waals surface area contributed by atoms with Gasteiger partial charge in [0.15, 0.2) is 0 Å². The molecule has 0 saturated heterocycles. The van der Waals surface area contributed by atoms with Gasteiger partial charge in [0.25, 0.3) is 0 Å². The molecular weight excluding hydrogens is 198 g/mol. The number of hydrogen-bond donors (Lipinski definition) is 1. The van der Waals surface area contributed by atoms with Crippen molar-refractivity contribution in [1.82, 2.24) is 5.32 Å². The van der Waals surface area contributed by atoms with Crippen LogP contribution in [0.2, 0.25) is 0 Å². The molecule has 1 unspecified atom stereocenters. The quantitative estimate of drug-likeness (QED) is 0.818. The van der Waals surface area contributed by atoms with E-state index >= 15 is 0 Å². The molecule has 2 heteroatoms. The maximum atomic E-state index is 5.15. The van der Waals surface area contributed by atoms with E-state index in [9.17, 15) is 0 Å². The maximum absolute atomic E-state index is 5.15. The first-order valence-electron chi connectivity index (χ1n) is 5.45. The third-order valence-electron chi connectivity index (χ3n) is 2.84. The van der Waals surface area contributed by atoms with E-state index in [-0.39, 0.29) is 6.04 Å². The Morgan fingerprint density at radius 3 is 2.38 bits per heavy atom. The van der Waals surface area contributed by atoms with Crippen molar-refractivity contribution in [3.8, 4) is 5.75 Å². The average molecular weight is 215 g/mol. The third-order valence-corrected chi connectivity index (χ3v) is 2.84. The Morgan fingerprint density at radius 1 is 1.12 bits per heavy atom. The zero-order valence-corrected chi connectivity index (χ0v) is 9.95. The summed E-state index contributed by atoms with van der Waals surface area (Å²) >= 11 is 0. The number of hydrogen-bond acceptors (Lipinski definition) is 2. The number of benzene rings is 1. The highest BCUT2D eigenvalue weighted by Crippen LogP contribution is 2.26. The Bertz CT molecular complexity index is 429. The zero-order chi connectivity index (χ0) is 11.5. The van der Waals surface area contributed by atoms with Gasteiger partial charge < -0.3 is 10.1 Å². The molecule has 1 aromatic rings. The second kappa shape index (κ2) is 4.44. The van der Waals surface area contributed by atoms with Crippen LogP contribution in [0.4, 0.5) is 0 Å². The lowest BCUT2D eigenvalue weighted by Gasteiger charge is -2.23.